The first kappa shape index (κ1) is 16.3. The van der Waals surface area contributed by atoms with E-state index in [9.17, 15) is 13.2 Å². The average Bonchev–Trinajstić information content (AvgIpc) is 2.87. The van der Waals surface area contributed by atoms with Crippen molar-refractivity contribution >= 4 is 60.5 Å². The van der Waals surface area contributed by atoms with Gasteiger partial charge in [-0.25, -0.2) is 13.2 Å². The van der Waals surface area contributed by atoms with Crippen LogP contribution in [0.25, 0.3) is 0 Å². The summed E-state index contributed by atoms with van der Waals surface area (Å²) in [5.74, 6) is -0.639. The van der Waals surface area contributed by atoms with E-state index in [4.69, 9.17) is 11.6 Å². The van der Waals surface area contributed by atoms with Crippen LogP contribution in [0.15, 0.2) is 38.3 Å². The summed E-state index contributed by atoms with van der Waals surface area (Å²) in [6.07, 6.45) is 0. The van der Waals surface area contributed by atoms with Gasteiger partial charge in [-0.2, -0.15) is 0 Å². The number of esters is 1. The van der Waals surface area contributed by atoms with Crippen LogP contribution in [-0.4, -0.2) is 21.5 Å². The summed E-state index contributed by atoms with van der Waals surface area (Å²) in [5, 5.41) is 0.184. The fraction of sp³-hybridized carbons (Fsp3) is 0.0833. The van der Waals surface area contributed by atoms with Crippen LogP contribution in [0.5, 0.6) is 0 Å². The monoisotopic (exact) mass is 409 g/mol. The molecule has 2 aromatic rings. The maximum atomic E-state index is 12.2. The minimum Gasteiger partial charge on any atom is -0.465 e. The molecule has 2 rings (SSSR count). The molecule has 9 heteroatoms. The van der Waals surface area contributed by atoms with Gasteiger partial charge in [0.15, 0.2) is 0 Å². The predicted octanol–water partition coefficient (Wildman–Crippen LogP) is 3.75. The van der Waals surface area contributed by atoms with Crippen LogP contribution < -0.4 is 4.72 Å². The highest BCUT2D eigenvalue weighted by atomic mass is 79.9. The highest BCUT2D eigenvalue weighted by Crippen LogP contribution is 2.28. The number of anilines is 1. The fourth-order valence-corrected chi connectivity index (χ4v) is 4.76. The van der Waals surface area contributed by atoms with Crippen LogP contribution in [0.3, 0.4) is 0 Å². The third kappa shape index (κ3) is 3.76. The largest absolute Gasteiger partial charge is 0.465 e. The number of benzene rings is 1. The molecule has 1 heterocycles. The first-order chi connectivity index (χ1) is 9.83. The van der Waals surface area contributed by atoms with Gasteiger partial charge in [0, 0.05) is 5.69 Å². The molecule has 112 valence electrons. The van der Waals surface area contributed by atoms with Crippen molar-refractivity contribution in [2.24, 2.45) is 0 Å². The fourth-order valence-electron chi connectivity index (χ4n) is 1.50. The molecule has 0 unspecified atom stereocenters. The average molecular weight is 411 g/mol. The summed E-state index contributed by atoms with van der Waals surface area (Å²) in [4.78, 5) is 11.5. The molecule has 0 amide bonds. The molecule has 1 aromatic carbocycles. The van der Waals surface area contributed by atoms with Crippen LogP contribution >= 0.6 is 38.9 Å². The van der Waals surface area contributed by atoms with Crippen LogP contribution in [0, 0.1) is 0 Å². The molecular formula is C12H9BrClNO4S2. The van der Waals surface area contributed by atoms with Crippen molar-refractivity contribution in [3.8, 4) is 0 Å². The lowest BCUT2D eigenvalue weighted by Crippen LogP contribution is -2.12. The van der Waals surface area contributed by atoms with Crippen molar-refractivity contribution in [1.29, 1.82) is 0 Å². The second-order valence-corrected chi connectivity index (χ2v) is 8.63. The van der Waals surface area contributed by atoms with E-state index in [1.54, 1.807) is 6.07 Å². The van der Waals surface area contributed by atoms with E-state index in [2.05, 4.69) is 25.4 Å². The lowest BCUT2D eigenvalue weighted by Gasteiger charge is -2.08. The zero-order valence-electron chi connectivity index (χ0n) is 10.6. The van der Waals surface area contributed by atoms with Gasteiger partial charge in [-0.1, -0.05) is 11.6 Å². The highest BCUT2D eigenvalue weighted by molar-refractivity contribution is 9.11. The van der Waals surface area contributed by atoms with Gasteiger partial charge < -0.3 is 4.74 Å². The van der Waals surface area contributed by atoms with E-state index in [0.717, 1.165) is 11.3 Å². The molecule has 0 aliphatic rings. The van der Waals surface area contributed by atoms with Crippen LogP contribution in [0.4, 0.5) is 5.69 Å². The van der Waals surface area contributed by atoms with Crippen molar-refractivity contribution in [2.45, 2.75) is 4.21 Å². The third-order valence-electron chi connectivity index (χ3n) is 2.44. The van der Waals surface area contributed by atoms with Crippen LogP contribution in [-0.2, 0) is 14.8 Å². The Morgan fingerprint density at radius 2 is 2.05 bits per heavy atom. The number of rotatable bonds is 4. The number of carbonyl (C=O) groups is 1. The highest BCUT2D eigenvalue weighted by Gasteiger charge is 2.18. The smallest absolute Gasteiger partial charge is 0.339 e. The SMILES string of the molecule is COC(=O)c1cc(NS(=O)(=O)c2ccc(Br)s2)ccc1Cl. The van der Waals surface area contributed by atoms with Crippen LogP contribution in [0.2, 0.25) is 5.02 Å². The number of hydrogen-bond acceptors (Lipinski definition) is 5. The van der Waals surface area contributed by atoms with E-state index in [0.29, 0.717) is 3.79 Å². The molecule has 0 saturated heterocycles. The van der Waals surface area contributed by atoms with Crippen molar-refractivity contribution in [2.75, 3.05) is 11.8 Å². The third-order valence-corrected chi connectivity index (χ3v) is 6.26. The number of carbonyl (C=O) groups excluding carboxylic acids is 1. The number of sulfonamides is 1. The molecule has 5 nitrogen and oxygen atoms in total. The summed E-state index contributed by atoms with van der Waals surface area (Å²) < 4.78 is 32.2. The second kappa shape index (κ2) is 6.35. The summed E-state index contributed by atoms with van der Waals surface area (Å²) in [6.45, 7) is 0. The van der Waals surface area contributed by atoms with Crippen molar-refractivity contribution in [3.63, 3.8) is 0 Å². The molecule has 0 saturated carbocycles. The second-order valence-electron chi connectivity index (χ2n) is 3.85. The summed E-state index contributed by atoms with van der Waals surface area (Å²) >= 11 is 10.2. The Labute approximate surface area is 139 Å². The Kier molecular flexibility index (Phi) is 4.92. The van der Waals surface area contributed by atoms with Crippen LogP contribution in [0.1, 0.15) is 10.4 Å². The van der Waals surface area contributed by atoms with Gasteiger partial charge in [-0.3, -0.25) is 4.72 Å². The minimum atomic E-state index is -3.71. The molecule has 0 fully saturated rings. The van der Waals surface area contributed by atoms with E-state index in [1.165, 1.54) is 31.4 Å². The van der Waals surface area contributed by atoms with E-state index in [1.807, 2.05) is 0 Å². The molecule has 1 N–H and O–H groups in total. The van der Waals surface area contributed by atoms with Crippen molar-refractivity contribution in [1.82, 2.24) is 0 Å². The molecule has 0 spiro atoms. The predicted molar refractivity (Wildman–Crippen MR) is 85.6 cm³/mol. The standard InChI is InChI=1S/C12H9BrClNO4S2/c1-19-12(16)8-6-7(2-3-9(8)14)15-21(17,18)11-5-4-10(13)20-11/h2-6,15H,1H3. The van der Waals surface area contributed by atoms with Gasteiger partial charge in [0.1, 0.15) is 4.21 Å². The molecule has 21 heavy (non-hydrogen) atoms. The van der Waals surface area contributed by atoms with Crippen molar-refractivity contribution in [3.05, 3.63) is 44.7 Å². The molecule has 1 aromatic heterocycles. The van der Waals surface area contributed by atoms with Gasteiger partial charge in [-0.15, -0.1) is 11.3 Å². The first-order valence-corrected chi connectivity index (χ1v) is 8.96. The van der Waals surface area contributed by atoms with Gasteiger partial charge in [-0.05, 0) is 46.3 Å². The Morgan fingerprint density at radius 3 is 2.62 bits per heavy atom. The number of ether oxygens (including phenoxy) is 1. The minimum absolute atomic E-state index is 0.0896. The number of thiophene rings is 1. The Hall–Kier alpha value is -1.09. The number of methoxy groups -OCH3 is 1. The van der Waals surface area contributed by atoms with Crippen molar-refractivity contribution < 1.29 is 17.9 Å². The Balaban J connectivity index is 2.34. The quantitative estimate of drug-likeness (QED) is 0.779. The van der Waals surface area contributed by atoms with E-state index >= 15 is 0 Å². The normalized spacial score (nSPS) is 11.2. The molecule has 0 aliphatic heterocycles. The molecular weight excluding hydrogens is 402 g/mol. The topological polar surface area (TPSA) is 72.5 Å². The van der Waals surface area contributed by atoms with Gasteiger partial charge in [0.2, 0.25) is 0 Å². The lowest BCUT2D eigenvalue weighted by molar-refractivity contribution is 0.0601. The van der Waals surface area contributed by atoms with Gasteiger partial charge in [0.25, 0.3) is 10.0 Å². The van der Waals surface area contributed by atoms with Gasteiger partial charge in [0.05, 0.1) is 21.5 Å². The molecule has 0 bridgehead atoms. The Morgan fingerprint density at radius 1 is 1.33 bits per heavy atom. The molecule has 0 atom stereocenters. The Bertz CT molecular complexity index is 788. The zero-order valence-corrected chi connectivity index (χ0v) is 14.6. The number of nitrogens with one attached hydrogen (secondary N) is 1. The summed E-state index contributed by atoms with van der Waals surface area (Å²) in [7, 11) is -2.49. The molecule has 0 radical (unpaired) electrons. The summed E-state index contributed by atoms with van der Waals surface area (Å²) in [5.41, 5.74) is 0.316. The number of halogens is 2. The maximum absolute atomic E-state index is 12.2. The first-order valence-electron chi connectivity index (χ1n) is 5.49. The summed E-state index contributed by atoms with van der Waals surface area (Å²) in [6, 6.07) is 7.34. The van der Waals surface area contributed by atoms with Gasteiger partial charge >= 0.3 is 5.97 Å². The lowest BCUT2D eigenvalue weighted by atomic mass is 10.2. The number of hydrogen-bond donors (Lipinski definition) is 1. The molecule has 0 aliphatic carbocycles. The van der Waals surface area contributed by atoms with E-state index in [-0.39, 0.29) is 20.5 Å². The zero-order chi connectivity index (χ0) is 15.6. The van der Waals surface area contributed by atoms with E-state index < -0.39 is 16.0 Å². The maximum Gasteiger partial charge on any atom is 0.339 e.